The third-order valence-corrected chi connectivity index (χ3v) is 6.60. The first-order valence-electron chi connectivity index (χ1n) is 8.00. The van der Waals surface area contributed by atoms with E-state index in [4.69, 9.17) is 23.2 Å². The largest absolute Gasteiger partial charge is 0.294 e. The summed E-state index contributed by atoms with van der Waals surface area (Å²) < 4.78 is 1.61. The predicted molar refractivity (Wildman–Crippen MR) is 101 cm³/mol. The molecular weight excluding hydrogens is 363 g/mol. The van der Waals surface area contributed by atoms with Gasteiger partial charge in [0.25, 0.3) is 5.56 Å². The van der Waals surface area contributed by atoms with Gasteiger partial charge >= 0.3 is 0 Å². The summed E-state index contributed by atoms with van der Waals surface area (Å²) in [6, 6.07) is 5.37. The van der Waals surface area contributed by atoms with E-state index in [1.165, 1.54) is 16.9 Å². The maximum atomic E-state index is 13.1. The molecule has 1 aromatic carbocycles. The lowest BCUT2D eigenvalue weighted by Gasteiger charge is -2.18. The van der Waals surface area contributed by atoms with Gasteiger partial charge in [-0.1, -0.05) is 36.2 Å². The molecular formula is C18H16Cl2N2OS. The summed E-state index contributed by atoms with van der Waals surface area (Å²) in [7, 11) is 0. The zero-order valence-electron chi connectivity index (χ0n) is 13.2. The number of aromatic nitrogens is 2. The Morgan fingerprint density at radius 3 is 2.83 bits per heavy atom. The van der Waals surface area contributed by atoms with E-state index in [2.05, 4.69) is 11.9 Å². The van der Waals surface area contributed by atoms with Gasteiger partial charge < -0.3 is 0 Å². The Bertz CT molecular complexity index is 972. The Hall–Kier alpha value is -1.36. The van der Waals surface area contributed by atoms with E-state index >= 15 is 0 Å². The van der Waals surface area contributed by atoms with Crippen LogP contribution in [-0.2, 0) is 13.0 Å². The van der Waals surface area contributed by atoms with Crippen LogP contribution in [0, 0.1) is 0 Å². The molecule has 24 heavy (non-hydrogen) atoms. The van der Waals surface area contributed by atoms with Gasteiger partial charge in [-0.2, -0.15) is 0 Å². The van der Waals surface area contributed by atoms with Gasteiger partial charge in [0.2, 0.25) is 0 Å². The normalized spacial score (nSPS) is 17.2. The second-order valence-corrected chi connectivity index (χ2v) is 8.19. The number of thiophene rings is 1. The molecule has 0 saturated heterocycles. The Kier molecular flexibility index (Phi) is 4.15. The quantitative estimate of drug-likeness (QED) is 0.609. The van der Waals surface area contributed by atoms with E-state index in [9.17, 15) is 4.79 Å². The molecule has 4 rings (SSSR count). The molecule has 1 atom stereocenters. The van der Waals surface area contributed by atoms with Crippen LogP contribution in [0.3, 0.4) is 0 Å². The minimum Gasteiger partial charge on any atom is -0.294 e. The van der Waals surface area contributed by atoms with Crippen molar-refractivity contribution in [1.29, 1.82) is 0 Å². The highest BCUT2D eigenvalue weighted by Crippen LogP contribution is 2.40. The predicted octanol–water partition coefficient (Wildman–Crippen LogP) is 5.25. The van der Waals surface area contributed by atoms with Crippen LogP contribution in [0.2, 0.25) is 10.0 Å². The molecule has 0 saturated carbocycles. The zero-order valence-corrected chi connectivity index (χ0v) is 15.5. The van der Waals surface area contributed by atoms with Crippen LogP contribution in [0.4, 0.5) is 0 Å². The zero-order chi connectivity index (χ0) is 16.8. The van der Waals surface area contributed by atoms with Crippen molar-refractivity contribution in [1.82, 2.24) is 9.55 Å². The monoisotopic (exact) mass is 378 g/mol. The van der Waals surface area contributed by atoms with Crippen molar-refractivity contribution in [3.8, 4) is 0 Å². The number of benzene rings is 1. The van der Waals surface area contributed by atoms with Crippen molar-refractivity contribution in [2.45, 2.75) is 38.6 Å². The van der Waals surface area contributed by atoms with E-state index in [1.807, 2.05) is 0 Å². The molecule has 1 aliphatic rings. The van der Waals surface area contributed by atoms with Crippen LogP contribution in [-0.4, -0.2) is 9.55 Å². The van der Waals surface area contributed by atoms with Crippen molar-refractivity contribution in [2.24, 2.45) is 0 Å². The van der Waals surface area contributed by atoms with Gasteiger partial charge in [-0.3, -0.25) is 9.36 Å². The SMILES string of the molecule is CC1CCCc2sc3ncn(Cc4c(Cl)cccc4Cl)c(=O)c3c21. The highest BCUT2D eigenvalue weighted by molar-refractivity contribution is 7.18. The van der Waals surface area contributed by atoms with Crippen LogP contribution in [0.15, 0.2) is 29.3 Å². The highest BCUT2D eigenvalue weighted by atomic mass is 35.5. The van der Waals surface area contributed by atoms with E-state index in [1.54, 1.807) is 40.4 Å². The first-order valence-corrected chi connectivity index (χ1v) is 9.57. The second kappa shape index (κ2) is 6.17. The number of nitrogens with zero attached hydrogens (tertiary/aromatic N) is 2. The average Bonchev–Trinajstić information content (AvgIpc) is 2.93. The van der Waals surface area contributed by atoms with Gasteiger partial charge in [-0.05, 0) is 42.9 Å². The van der Waals surface area contributed by atoms with E-state index < -0.39 is 0 Å². The summed E-state index contributed by atoms with van der Waals surface area (Å²) in [5, 5.41) is 1.92. The van der Waals surface area contributed by atoms with Crippen molar-refractivity contribution >= 4 is 44.8 Å². The molecule has 124 valence electrons. The van der Waals surface area contributed by atoms with Crippen LogP contribution in [0.5, 0.6) is 0 Å². The standard InChI is InChI=1S/C18H16Cl2N2OS/c1-10-4-2-7-14-15(10)16-17(24-14)21-9-22(18(16)23)8-11-12(19)5-3-6-13(11)20/h3,5-6,9-10H,2,4,7-8H2,1H3. The summed E-state index contributed by atoms with van der Waals surface area (Å²) in [6.45, 7) is 2.53. The third kappa shape index (κ3) is 2.57. The average molecular weight is 379 g/mol. The molecule has 0 spiro atoms. The Morgan fingerprint density at radius 1 is 1.33 bits per heavy atom. The Labute approximate surface area is 153 Å². The molecule has 1 aliphatic carbocycles. The van der Waals surface area contributed by atoms with Gasteiger partial charge in [0, 0.05) is 20.5 Å². The van der Waals surface area contributed by atoms with Crippen molar-refractivity contribution in [3.05, 3.63) is 60.9 Å². The lowest BCUT2D eigenvalue weighted by Crippen LogP contribution is -2.22. The molecule has 3 aromatic rings. The fourth-order valence-electron chi connectivity index (χ4n) is 3.48. The van der Waals surface area contributed by atoms with Gasteiger partial charge in [0.15, 0.2) is 0 Å². The number of rotatable bonds is 2. The lowest BCUT2D eigenvalue weighted by molar-refractivity contribution is 0.601. The number of hydrogen-bond donors (Lipinski definition) is 0. The maximum Gasteiger partial charge on any atom is 0.262 e. The first kappa shape index (κ1) is 16.1. The molecule has 0 radical (unpaired) electrons. The molecule has 6 heteroatoms. The van der Waals surface area contributed by atoms with Crippen LogP contribution in [0.25, 0.3) is 10.2 Å². The second-order valence-electron chi connectivity index (χ2n) is 6.29. The number of hydrogen-bond acceptors (Lipinski definition) is 3. The number of aryl methyl sites for hydroxylation is 1. The smallest absolute Gasteiger partial charge is 0.262 e. The maximum absolute atomic E-state index is 13.1. The summed E-state index contributed by atoms with van der Waals surface area (Å²) in [5.74, 6) is 0.414. The third-order valence-electron chi connectivity index (χ3n) is 4.72. The summed E-state index contributed by atoms with van der Waals surface area (Å²) >= 11 is 14.2. The first-order chi connectivity index (χ1) is 11.6. The molecule has 0 bridgehead atoms. The minimum absolute atomic E-state index is 0.00207. The van der Waals surface area contributed by atoms with E-state index in [0.717, 1.165) is 28.6 Å². The van der Waals surface area contributed by atoms with Gasteiger partial charge in [0.1, 0.15) is 4.83 Å². The van der Waals surface area contributed by atoms with Crippen LogP contribution < -0.4 is 5.56 Å². The molecule has 2 aromatic heterocycles. The molecule has 2 heterocycles. The number of fused-ring (bicyclic) bond motifs is 3. The van der Waals surface area contributed by atoms with Crippen molar-refractivity contribution < 1.29 is 0 Å². The van der Waals surface area contributed by atoms with Crippen LogP contribution in [0.1, 0.15) is 41.7 Å². The molecule has 0 fully saturated rings. The molecule has 0 amide bonds. The van der Waals surface area contributed by atoms with Gasteiger partial charge in [-0.25, -0.2) is 4.98 Å². The topological polar surface area (TPSA) is 34.9 Å². The Morgan fingerprint density at radius 2 is 2.08 bits per heavy atom. The number of halogens is 2. The van der Waals surface area contributed by atoms with Crippen molar-refractivity contribution in [3.63, 3.8) is 0 Å². The van der Waals surface area contributed by atoms with Crippen molar-refractivity contribution in [2.75, 3.05) is 0 Å². The fraction of sp³-hybridized carbons (Fsp3) is 0.333. The van der Waals surface area contributed by atoms with Crippen LogP contribution >= 0.6 is 34.5 Å². The Balaban J connectivity index is 1.88. The molecule has 0 aliphatic heterocycles. The fourth-order valence-corrected chi connectivity index (χ4v) is 5.29. The molecule has 3 nitrogen and oxygen atoms in total. The molecule has 0 N–H and O–H groups in total. The van der Waals surface area contributed by atoms with Gasteiger partial charge in [0.05, 0.1) is 18.3 Å². The van der Waals surface area contributed by atoms with E-state index in [0.29, 0.717) is 22.5 Å². The van der Waals surface area contributed by atoms with Gasteiger partial charge in [-0.15, -0.1) is 11.3 Å². The molecule has 1 unspecified atom stereocenters. The summed E-state index contributed by atoms with van der Waals surface area (Å²) in [6.07, 6.45) is 4.97. The lowest BCUT2D eigenvalue weighted by atomic mass is 9.88. The van der Waals surface area contributed by atoms with E-state index in [-0.39, 0.29) is 5.56 Å². The minimum atomic E-state index is 0.00207. The highest BCUT2D eigenvalue weighted by Gasteiger charge is 2.25. The summed E-state index contributed by atoms with van der Waals surface area (Å²) in [5.41, 5.74) is 1.96. The summed E-state index contributed by atoms with van der Waals surface area (Å²) in [4.78, 5) is 19.8.